The second-order valence-electron chi connectivity index (χ2n) is 5.46. The first-order valence-corrected chi connectivity index (χ1v) is 7.94. The van der Waals surface area contributed by atoms with Crippen molar-refractivity contribution in [3.8, 4) is 22.6 Å². The highest BCUT2D eigenvalue weighted by Crippen LogP contribution is 2.31. The molecule has 0 aromatic heterocycles. The van der Waals surface area contributed by atoms with E-state index in [9.17, 15) is 18.4 Å². The third-order valence-electron chi connectivity index (χ3n) is 3.37. The van der Waals surface area contributed by atoms with Gasteiger partial charge >= 0.3 is 11.9 Å². The van der Waals surface area contributed by atoms with Crippen LogP contribution in [0.15, 0.2) is 73.7 Å². The minimum absolute atomic E-state index is 0.0200. The van der Waals surface area contributed by atoms with Crippen LogP contribution >= 0.6 is 0 Å². The minimum atomic E-state index is -1.28. The lowest BCUT2D eigenvalue weighted by Gasteiger charge is -2.09. The molecule has 0 amide bonds. The summed E-state index contributed by atoms with van der Waals surface area (Å²) in [5.41, 5.74) is 0.602. The van der Waals surface area contributed by atoms with E-state index in [0.29, 0.717) is 11.3 Å². The van der Waals surface area contributed by atoms with Crippen LogP contribution in [-0.2, 0) is 14.3 Å². The molecule has 144 valence electrons. The molecule has 0 saturated heterocycles. The smallest absolute Gasteiger partial charge is 0.338 e. The van der Waals surface area contributed by atoms with Crippen LogP contribution in [0.3, 0.4) is 0 Å². The fourth-order valence-electron chi connectivity index (χ4n) is 1.99. The van der Waals surface area contributed by atoms with Gasteiger partial charge < -0.3 is 14.2 Å². The van der Waals surface area contributed by atoms with Crippen molar-refractivity contribution in [2.45, 2.75) is 6.92 Å². The zero-order valence-electron chi connectivity index (χ0n) is 14.9. The van der Waals surface area contributed by atoms with Gasteiger partial charge in [-0.3, -0.25) is 0 Å². The summed E-state index contributed by atoms with van der Waals surface area (Å²) in [6.45, 7) is 8.13. The fourth-order valence-corrected chi connectivity index (χ4v) is 1.99. The molecule has 2 aromatic carbocycles. The lowest BCUT2D eigenvalue weighted by Crippen LogP contribution is -2.06. The van der Waals surface area contributed by atoms with Gasteiger partial charge in [-0.15, -0.1) is 0 Å². The van der Waals surface area contributed by atoms with E-state index >= 15 is 0 Å². The first-order valence-electron chi connectivity index (χ1n) is 7.94. The predicted molar refractivity (Wildman–Crippen MR) is 98.3 cm³/mol. The highest BCUT2D eigenvalue weighted by atomic mass is 19.2. The molecule has 2 rings (SSSR count). The molecule has 0 aliphatic rings. The molecular formula is C21H16F2O5. The quantitative estimate of drug-likeness (QED) is 0.299. The van der Waals surface area contributed by atoms with E-state index in [1.54, 1.807) is 0 Å². The zero-order valence-corrected chi connectivity index (χ0v) is 14.9. The van der Waals surface area contributed by atoms with E-state index in [4.69, 9.17) is 9.47 Å². The average molecular weight is 386 g/mol. The maximum absolute atomic E-state index is 14.3. The first kappa shape index (κ1) is 20.6. The minimum Gasteiger partial charge on any atom is -0.462 e. The van der Waals surface area contributed by atoms with Gasteiger partial charge in [-0.2, -0.15) is 4.39 Å². The molecule has 7 heteroatoms. The van der Waals surface area contributed by atoms with Crippen LogP contribution in [0.5, 0.6) is 11.5 Å². The molecular weight excluding hydrogens is 370 g/mol. The van der Waals surface area contributed by atoms with Gasteiger partial charge in [0, 0.05) is 17.2 Å². The van der Waals surface area contributed by atoms with Crippen molar-refractivity contribution in [3.63, 3.8) is 0 Å². The Bertz CT molecular complexity index is 946. The largest absolute Gasteiger partial charge is 0.462 e. The van der Waals surface area contributed by atoms with Crippen LogP contribution in [0.4, 0.5) is 8.78 Å². The van der Waals surface area contributed by atoms with Crippen molar-refractivity contribution in [3.05, 3.63) is 85.4 Å². The van der Waals surface area contributed by atoms with E-state index in [1.807, 2.05) is 0 Å². The molecule has 0 fully saturated rings. The van der Waals surface area contributed by atoms with E-state index in [-0.39, 0.29) is 11.1 Å². The van der Waals surface area contributed by atoms with Crippen molar-refractivity contribution in [1.29, 1.82) is 0 Å². The van der Waals surface area contributed by atoms with Crippen molar-refractivity contribution >= 4 is 11.9 Å². The topological polar surface area (TPSA) is 61.8 Å². The van der Waals surface area contributed by atoms with Crippen LogP contribution < -0.4 is 9.47 Å². The molecule has 5 nitrogen and oxygen atoms in total. The molecule has 2 aromatic rings. The number of ether oxygens (including phenoxy) is 3. The number of halogens is 2. The summed E-state index contributed by atoms with van der Waals surface area (Å²) in [7, 11) is 0. The van der Waals surface area contributed by atoms with E-state index < -0.39 is 29.3 Å². The van der Waals surface area contributed by atoms with Crippen molar-refractivity contribution in [2.24, 2.45) is 0 Å². The van der Waals surface area contributed by atoms with Crippen molar-refractivity contribution < 1.29 is 32.6 Å². The molecule has 0 aliphatic carbocycles. The average Bonchev–Trinajstić information content (AvgIpc) is 2.69. The third-order valence-corrected chi connectivity index (χ3v) is 3.37. The second kappa shape index (κ2) is 9.27. The highest BCUT2D eigenvalue weighted by molar-refractivity contribution is 5.87. The summed E-state index contributed by atoms with van der Waals surface area (Å²) < 4.78 is 43.0. The summed E-state index contributed by atoms with van der Waals surface area (Å²) in [5.74, 6) is -4.07. The number of carbonyl (C=O) groups is 2. The standard InChI is InChI=1S/C21H16F2O5/c1-4-18(24)28-17-10-9-16(19(22)20(17)23)14-5-7-15(8-6-14)26-11-12-27-21(25)13(2)3/h4-12H,1-2H2,3H3/b12-11-. The van der Waals surface area contributed by atoms with Crippen LogP contribution in [0.25, 0.3) is 11.1 Å². The van der Waals surface area contributed by atoms with Crippen molar-refractivity contribution in [2.75, 3.05) is 0 Å². The molecule has 0 radical (unpaired) electrons. The molecule has 0 aliphatic heterocycles. The van der Waals surface area contributed by atoms with Gasteiger partial charge in [0.1, 0.15) is 18.3 Å². The Morgan fingerprint density at radius 2 is 1.68 bits per heavy atom. The van der Waals surface area contributed by atoms with Crippen LogP contribution in [0.1, 0.15) is 6.92 Å². The Morgan fingerprint density at radius 1 is 1.00 bits per heavy atom. The highest BCUT2D eigenvalue weighted by Gasteiger charge is 2.17. The maximum atomic E-state index is 14.3. The van der Waals surface area contributed by atoms with Gasteiger partial charge in [-0.25, -0.2) is 14.0 Å². The number of rotatable bonds is 7. The number of carbonyl (C=O) groups excluding carboxylic acids is 2. The lowest BCUT2D eigenvalue weighted by atomic mass is 10.0. The van der Waals surface area contributed by atoms with E-state index in [2.05, 4.69) is 17.9 Å². The van der Waals surface area contributed by atoms with Gasteiger partial charge in [0.25, 0.3) is 0 Å². The summed E-state index contributed by atoms with van der Waals surface area (Å²) in [4.78, 5) is 22.3. The molecule has 0 unspecified atom stereocenters. The summed E-state index contributed by atoms with van der Waals surface area (Å²) in [6, 6.07) is 8.49. The Labute approximate surface area is 160 Å². The maximum Gasteiger partial charge on any atom is 0.338 e. The number of hydrogen-bond donors (Lipinski definition) is 0. The SMILES string of the molecule is C=CC(=O)Oc1ccc(-c2ccc(O/C=C\OC(=O)C(=C)C)cc2)c(F)c1F. The van der Waals surface area contributed by atoms with Crippen LogP contribution in [0, 0.1) is 11.6 Å². The molecule has 0 heterocycles. The first-order chi connectivity index (χ1) is 13.3. The molecule has 0 bridgehead atoms. The molecule has 0 atom stereocenters. The summed E-state index contributed by atoms with van der Waals surface area (Å²) in [5, 5.41) is 0. The normalized spacial score (nSPS) is 10.4. The van der Waals surface area contributed by atoms with Crippen LogP contribution in [-0.4, -0.2) is 11.9 Å². The van der Waals surface area contributed by atoms with Gasteiger partial charge in [0.05, 0.1) is 0 Å². The fraction of sp³-hybridized carbons (Fsp3) is 0.0476. The monoisotopic (exact) mass is 386 g/mol. The third kappa shape index (κ3) is 5.14. The van der Waals surface area contributed by atoms with Gasteiger partial charge in [-0.1, -0.05) is 25.3 Å². The van der Waals surface area contributed by atoms with Gasteiger partial charge in [0.15, 0.2) is 11.6 Å². The number of benzene rings is 2. The van der Waals surface area contributed by atoms with Gasteiger partial charge in [0.2, 0.25) is 5.82 Å². The molecule has 28 heavy (non-hydrogen) atoms. The number of hydrogen-bond acceptors (Lipinski definition) is 5. The molecule has 0 N–H and O–H groups in total. The Hall–Kier alpha value is -3.74. The molecule has 0 saturated carbocycles. The Balaban J connectivity index is 2.11. The van der Waals surface area contributed by atoms with Crippen LogP contribution in [0.2, 0.25) is 0 Å². The van der Waals surface area contributed by atoms with Gasteiger partial charge in [-0.05, 0) is 36.8 Å². The summed E-state index contributed by atoms with van der Waals surface area (Å²) >= 11 is 0. The van der Waals surface area contributed by atoms with E-state index in [1.165, 1.54) is 37.3 Å². The predicted octanol–water partition coefficient (Wildman–Crippen LogP) is 4.69. The number of esters is 2. The zero-order chi connectivity index (χ0) is 20.7. The lowest BCUT2D eigenvalue weighted by molar-refractivity contribution is -0.133. The van der Waals surface area contributed by atoms with Crippen molar-refractivity contribution in [1.82, 2.24) is 0 Å². The Kier molecular flexibility index (Phi) is 6.81. The second-order valence-corrected chi connectivity index (χ2v) is 5.46. The summed E-state index contributed by atoms with van der Waals surface area (Å²) in [6.07, 6.45) is 3.06. The molecule has 0 spiro atoms. The van der Waals surface area contributed by atoms with E-state index in [0.717, 1.165) is 24.7 Å². The Morgan fingerprint density at radius 3 is 2.29 bits per heavy atom.